The molecule has 2 rings (SSSR count). The average Bonchev–Trinajstić information content (AvgIpc) is 2.46. The van der Waals surface area contributed by atoms with E-state index in [1.54, 1.807) is 6.07 Å². The molecule has 110 valence electrons. The van der Waals surface area contributed by atoms with E-state index >= 15 is 0 Å². The topological polar surface area (TPSA) is 55.1 Å². The molecule has 0 atom stereocenters. The van der Waals surface area contributed by atoms with Crippen LogP contribution in [0.25, 0.3) is 0 Å². The highest BCUT2D eigenvalue weighted by atomic mass is 16.1. The van der Waals surface area contributed by atoms with Gasteiger partial charge >= 0.3 is 0 Å². The molecule has 0 aliphatic carbocycles. The Bertz CT molecular complexity index is 647. The second-order valence-electron chi connectivity index (χ2n) is 5.64. The van der Waals surface area contributed by atoms with Gasteiger partial charge in [-0.3, -0.25) is 4.79 Å². The average molecular weight is 282 g/mol. The number of benzene rings is 2. The molecular weight excluding hydrogens is 260 g/mol. The first-order chi connectivity index (χ1) is 9.97. The van der Waals surface area contributed by atoms with E-state index in [9.17, 15) is 4.79 Å². The molecule has 0 saturated carbocycles. The molecule has 21 heavy (non-hydrogen) atoms. The van der Waals surface area contributed by atoms with E-state index in [-0.39, 0.29) is 5.91 Å². The number of aryl methyl sites for hydroxylation is 1. The molecule has 0 heterocycles. The van der Waals surface area contributed by atoms with Crippen LogP contribution in [0.2, 0.25) is 0 Å². The van der Waals surface area contributed by atoms with Crippen molar-refractivity contribution in [3.8, 4) is 0 Å². The summed E-state index contributed by atoms with van der Waals surface area (Å²) in [7, 11) is 0. The monoisotopic (exact) mass is 282 g/mol. The molecule has 0 fully saturated rings. The van der Waals surface area contributed by atoms with Crippen molar-refractivity contribution in [1.29, 1.82) is 0 Å². The Labute approximate surface area is 126 Å². The van der Waals surface area contributed by atoms with Crippen LogP contribution in [0, 0.1) is 6.92 Å². The van der Waals surface area contributed by atoms with Gasteiger partial charge in [0.1, 0.15) is 0 Å². The number of nitrogens with one attached hydrogen (secondary N) is 1. The summed E-state index contributed by atoms with van der Waals surface area (Å²) in [4.78, 5) is 11.2. The standard InChI is InChI=1S/C18H22N2O/c1-12(2)14-5-4-6-17(10-14)20-11-16-8-7-15(18(19)21)9-13(16)3/h4-10,12,20H,11H2,1-3H3,(H2,19,21). The first-order valence-electron chi connectivity index (χ1n) is 7.20. The molecule has 0 aromatic heterocycles. The fourth-order valence-electron chi connectivity index (χ4n) is 2.25. The molecular formula is C18H22N2O. The van der Waals surface area contributed by atoms with Gasteiger partial charge < -0.3 is 11.1 Å². The van der Waals surface area contributed by atoms with Gasteiger partial charge in [-0.15, -0.1) is 0 Å². The lowest BCUT2D eigenvalue weighted by molar-refractivity contribution is 0.1000. The van der Waals surface area contributed by atoms with Gasteiger partial charge in [-0.25, -0.2) is 0 Å². The molecule has 1 amide bonds. The molecule has 0 aliphatic heterocycles. The Kier molecular flexibility index (Phi) is 4.63. The minimum absolute atomic E-state index is 0.387. The molecule has 0 aliphatic rings. The van der Waals surface area contributed by atoms with Gasteiger partial charge in [0.15, 0.2) is 0 Å². The van der Waals surface area contributed by atoms with Crippen molar-refractivity contribution in [1.82, 2.24) is 0 Å². The lowest BCUT2D eigenvalue weighted by atomic mass is 10.0. The maximum Gasteiger partial charge on any atom is 0.248 e. The maximum absolute atomic E-state index is 11.2. The van der Waals surface area contributed by atoms with E-state index in [4.69, 9.17) is 5.73 Å². The zero-order valence-electron chi connectivity index (χ0n) is 12.8. The number of hydrogen-bond acceptors (Lipinski definition) is 2. The predicted octanol–water partition coefficient (Wildman–Crippen LogP) is 3.83. The van der Waals surface area contributed by atoms with Gasteiger partial charge in [-0.2, -0.15) is 0 Å². The Balaban J connectivity index is 2.09. The molecule has 2 aromatic carbocycles. The first kappa shape index (κ1) is 15.1. The second-order valence-corrected chi connectivity index (χ2v) is 5.64. The molecule has 0 radical (unpaired) electrons. The summed E-state index contributed by atoms with van der Waals surface area (Å²) in [5.74, 6) is 0.130. The Morgan fingerprint density at radius 1 is 1.19 bits per heavy atom. The van der Waals surface area contributed by atoms with Crippen molar-refractivity contribution in [2.75, 3.05) is 5.32 Å². The van der Waals surface area contributed by atoms with Crippen molar-refractivity contribution < 1.29 is 4.79 Å². The van der Waals surface area contributed by atoms with Gasteiger partial charge in [-0.1, -0.05) is 32.0 Å². The van der Waals surface area contributed by atoms with Gasteiger partial charge in [0.05, 0.1) is 0 Å². The van der Waals surface area contributed by atoms with Crippen LogP contribution in [0.15, 0.2) is 42.5 Å². The Morgan fingerprint density at radius 3 is 2.57 bits per heavy atom. The number of rotatable bonds is 5. The fourth-order valence-corrected chi connectivity index (χ4v) is 2.25. The normalized spacial score (nSPS) is 10.7. The lowest BCUT2D eigenvalue weighted by Crippen LogP contribution is -2.11. The van der Waals surface area contributed by atoms with Crippen molar-refractivity contribution in [3.05, 3.63) is 64.7 Å². The van der Waals surface area contributed by atoms with Gasteiger partial charge in [0.25, 0.3) is 0 Å². The number of anilines is 1. The molecule has 3 heteroatoms. The third-order valence-electron chi connectivity index (χ3n) is 3.66. The summed E-state index contributed by atoms with van der Waals surface area (Å²) in [5.41, 5.74) is 10.5. The summed E-state index contributed by atoms with van der Waals surface area (Å²) < 4.78 is 0. The van der Waals surface area contributed by atoms with E-state index < -0.39 is 0 Å². The second kappa shape index (κ2) is 6.44. The summed E-state index contributed by atoms with van der Waals surface area (Å²) >= 11 is 0. The highest BCUT2D eigenvalue weighted by molar-refractivity contribution is 5.93. The molecule has 0 unspecified atom stereocenters. The van der Waals surface area contributed by atoms with Crippen LogP contribution in [-0.4, -0.2) is 5.91 Å². The van der Waals surface area contributed by atoms with Gasteiger partial charge in [0, 0.05) is 17.8 Å². The van der Waals surface area contributed by atoms with E-state index in [1.165, 1.54) is 5.56 Å². The van der Waals surface area contributed by atoms with E-state index in [0.717, 1.165) is 23.4 Å². The smallest absolute Gasteiger partial charge is 0.248 e. The third kappa shape index (κ3) is 3.85. The van der Waals surface area contributed by atoms with Crippen LogP contribution >= 0.6 is 0 Å². The minimum atomic E-state index is -0.387. The van der Waals surface area contributed by atoms with Crippen molar-refractivity contribution in [2.45, 2.75) is 33.2 Å². The highest BCUT2D eigenvalue weighted by Gasteiger charge is 2.05. The SMILES string of the molecule is Cc1cc(C(N)=O)ccc1CNc1cccc(C(C)C)c1. The quantitative estimate of drug-likeness (QED) is 0.875. The van der Waals surface area contributed by atoms with Crippen LogP contribution in [-0.2, 0) is 6.54 Å². The molecule has 3 N–H and O–H groups in total. The zero-order chi connectivity index (χ0) is 15.4. The summed E-state index contributed by atoms with van der Waals surface area (Å²) in [6.07, 6.45) is 0. The van der Waals surface area contributed by atoms with Crippen LogP contribution in [0.1, 0.15) is 46.8 Å². The van der Waals surface area contributed by atoms with E-state index in [0.29, 0.717) is 11.5 Å². The fraction of sp³-hybridized carbons (Fsp3) is 0.278. The van der Waals surface area contributed by atoms with Crippen molar-refractivity contribution in [3.63, 3.8) is 0 Å². The molecule has 3 nitrogen and oxygen atoms in total. The molecule has 0 saturated heterocycles. The number of hydrogen-bond donors (Lipinski definition) is 2. The van der Waals surface area contributed by atoms with E-state index in [2.05, 4.69) is 43.4 Å². The molecule has 0 bridgehead atoms. The lowest BCUT2D eigenvalue weighted by Gasteiger charge is -2.12. The summed E-state index contributed by atoms with van der Waals surface area (Å²) in [6.45, 7) is 7.10. The van der Waals surface area contributed by atoms with Gasteiger partial charge in [-0.05, 0) is 53.8 Å². The zero-order valence-corrected chi connectivity index (χ0v) is 12.8. The van der Waals surface area contributed by atoms with Crippen molar-refractivity contribution >= 4 is 11.6 Å². The first-order valence-corrected chi connectivity index (χ1v) is 7.20. The largest absolute Gasteiger partial charge is 0.381 e. The summed E-state index contributed by atoms with van der Waals surface area (Å²) in [5, 5.41) is 3.43. The number of carbonyl (C=O) groups is 1. The van der Waals surface area contributed by atoms with Gasteiger partial charge in [0.2, 0.25) is 5.91 Å². The Hall–Kier alpha value is -2.29. The molecule has 2 aromatic rings. The number of primary amides is 1. The predicted molar refractivity (Wildman–Crippen MR) is 87.6 cm³/mol. The molecule has 0 spiro atoms. The van der Waals surface area contributed by atoms with Crippen molar-refractivity contribution in [2.24, 2.45) is 5.73 Å². The van der Waals surface area contributed by atoms with Crippen LogP contribution < -0.4 is 11.1 Å². The maximum atomic E-state index is 11.2. The summed E-state index contributed by atoms with van der Waals surface area (Å²) in [6, 6.07) is 14.0. The number of amides is 1. The highest BCUT2D eigenvalue weighted by Crippen LogP contribution is 2.19. The Morgan fingerprint density at radius 2 is 1.95 bits per heavy atom. The van der Waals surface area contributed by atoms with E-state index in [1.807, 2.05) is 19.1 Å². The van der Waals surface area contributed by atoms with Crippen LogP contribution in [0.3, 0.4) is 0 Å². The number of carbonyl (C=O) groups excluding carboxylic acids is 1. The van der Waals surface area contributed by atoms with Crippen LogP contribution in [0.4, 0.5) is 5.69 Å². The van der Waals surface area contributed by atoms with Crippen LogP contribution in [0.5, 0.6) is 0 Å². The third-order valence-corrected chi connectivity index (χ3v) is 3.66. The number of nitrogens with two attached hydrogens (primary N) is 1. The minimum Gasteiger partial charge on any atom is -0.381 e.